The Morgan fingerprint density at radius 1 is 0.935 bits per heavy atom. The SMILES string of the molecule is CC(C)(C)OC(=O)N1CCN(C(=O)OC(C)(C)C)[C@@H](CN2C3COC[C@@H]2CC(=O)C3)C1. The highest BCUT2D eigenvalue weighted by molar-refractivity contribution is 5.80. The Balaban J connectivity index is 1.76. The lowest BCUT2D eigenvalue weighted by molar-refractivity contribution is -0.137. The van der Waals surface area contributed by atoms with Crippen LogP contribution in [0.15, 0.2) is 0 Å². The molecule has 1 unspecified atom stereocenters. The van der Waals surface area contributed by atoms with Crippen LogP contribution in [0.3, 0.4) is 0 Å². The number of ether oxygens (including phenoxy) is 3. The van der Waals surface area contributed by atoms with E-state index in [4.69, 9.17) is 14.2 Å². The summed E-state index contributed by atoms with van der Waals surface area (Å²) in [6.07, 6.45) is 0.172. The fourth-order valence-corrected chi connectivity index (χ4v) is 4.40. The van der Waals surface area contributed by atoms with Gasteiger partial charge in [0.15, 0.2) is 0 Å². The predicted octanol–water partition coefficient (Wildman–Crippen LogP) is 2.28. The molecule has 31 heavy (non-hydrogen) atoms. The van der Waals surface area contributed by atoms with Crippen molar-refractivity contribution in [1.29, 1.82) is 0 Å². The van der Waals surface area contributed by atoms with Crippen molar-refractivity contribution in [3.63, 3.8) is 0 Å². The van der Waals surface area contributed by atoms with E-state index in [0.29, 0.717) is 52.2 Å². The first kappa shape index (κ1) is 23.8. The number of piperazine rings is 1. The number of fused-ring (bicyclic) bond motifs is 2. The minimum atomic E-state index is -0.605. The molecule has 3 rings (SSSR count). The molecule has 9 nitrogen and oxygen atoms in total. The van der Waals surface area contributed by atoms with Crippen molar-refractivity contribution in [2.45, 2.75) is 83.7 Å². The highest BCUT2D eigenvalue weighted by atomic mass is 16.6. The lowest BCUT2D eigenvalue weighted by Crippen LogP contribution is -2.65. The van der Waals surface area contributed by atoms with Crippen molar-refractivity contribution < 1.29 is 28.6 Å². The molecule has 176 valence electrons. The van der Waals surface area contributed by atoms with Crippen LogP contribution in [-0.2, 0) is 19.0 Å². The minimum Gasteiger partial charge on any atom is -0.444 e. The average Bonchev–Trinajstić information content (AvgIpc) is 2.59. The first-order chi connectivity index (χ1) is 14.3. The van der Waals surface area contributed by atoms with Crippen LogP contribution in [-0.4, -0.2) is 101 Å². The van der Waals surface area contributed by atoms with Crippen LogP contribution >= 0.6 is 0 Å². The third-order valence-corrected chi connectivity index (χ3v) is 5.67. The zero-order valence-electron chi connectivity index (χ0n) is 19.7. The van der Waals surface area contributed by atoms with E-state index in [9.17, 15) is 14.4 Å². The molecule has 2 amide bonds. The topological polar surface area (TPSA) is 88.6 Å². The van der Waals surface area contributed by atoms with Crippen LogP contribution in [0.5, 0.6) is 0 Å². The third-order valence-electron chi connectivity index (χ3n) is 5.67. The normalized spacial score (nSPS) is 27.8. The van der Waals surface area contributed by atoms with Gasteiger partial charge < -0.3 is 24.0 Å². The van der Waals surface area contributed by atoms with Crippen molar-refractivity contribution in [2.24, 2.45) is 0 Å². The molecule has 2 bridgehead atoms. The van der Waals surface area contributed by atoms with Gasteiger partial charge in [-0.15, -0.1) is 0 Å². The highest BCUT2D eigenvalue weighted by Crippen LogP contribution is 2.28. The lowest BCUT2D eigenvalue weighted by Gasteiger charge is -2.49. The first-order valence-electron chi connectivity index (χ1n) is 11.1. The molecule has 0 aromatic rings. The highest BCUT2D eigenvalue weighted by Gasteiger charge is 2.43. The number of carbonyl (C=O) groups is 3. The van der Waals surface area contributed by atoms with Gasteiger partial charge in [-0.3, -0.25) is 9.69 Å². The molecule has 0 aromatic heterocycles. The van der Waals surface area contributed by atoms with Crippen LogP contribution in [0.2, 0.25) is 0 Å². The second-order valence-electron chi connectivity index (χ2n) is 10.7. The molecule has 3 atom stereocenters. The summed E-state index contributed by atoms with van der Waals surface area (Å²) < 4.78 is 16.9. The number of ketones is 1. The van der Waals surface area contributed by atoms with Crippen molar-refractivity contribution >= 4 is 18.0 Å². The molecule has 0 aliphatic carbocycles. The zero-order chi connectivity index (χ0) is 23.0. The van der Waals surface area contributed by atoms with Crippen molar-refractivity contribution in [2.75, 3.05) is 39.4 Å². The van der Waals surface area contributed by atoms with Gasteiger partial charge in [-0.05, 0) is 41.5 Å². The van der Waals surface area contributed by atoms with E-state index in [0.717, 1.165) is 0 Å². The van der Waals surface area contributed by atoms with Gasteiger partial charge in [0.25, 0.3) is 0 Å². The Morgan fingerprint density at radius 3 is 2.03 bits per heavy atom. The number of carbonyl (C=O) groups excluding carboxylic acids is 3. The number of Topliss-reactive ketones (excluding diaryl/α,β-unsaturated/α-hetero) is 1. The maximum Gasteiger partial charge on any atom is 0.410 e. The summed E-state index contributed by atoms with van der Waals surface area (Å²) in [5, 5.41) is 0. The van der Waals surface area contributed by atoms with Gasteiger partial charge in [0.1, 0.15) is 17.0 Å². The summed E-state index contributed by atoms with van der Waals surface area (Å²) in [6, 6.07) is -0.234. The molecule has 3 saturated heterocycles. The summed E-state index contributed by atoms with van der Waals surface area (Å²) in [5.41, 5.74) is -1.19. The average molecular weight is 440 g/mol. The van der Waals surface area contributed by atoms with Crippen LogP contribution in [0.25, 0.3) is 0 Å². The van der Waals surface area contributed by atoms with E-state index in [1.54, 1.807) is 9.80 Å². The molecule has 0 spiro atoms. The summed E-state index contributed by atoms with van der Waals surface area (Å²) in [5.74, 6) is 0.262. The Bertz CT molecular complexity index is 682. The number of nitrogens with zero attached hydrogens (tertiary/aromatic N) is 3. The largest absolute Gasteiger partial charge is 0.444 e. The molecule has 3 fully saturated rings. The second-order valence-corrected chi connectivity index (χ2v) is 10.7. The fraction of sp³-hybridized carbons (Fsp3) is 0.864. The first-order valence-corrected chi connectivity index (χ1v) is 11.1. The van der Waals surface area contributed by atoms with Gasteiger partial charge in [-0.2, -0.15) is 0 Å². The van der Waals surface area contributed by atoms with E-state index < -0.39 is 11.2 Å². The van der Waals surface area contributed by atoms with Crippen molar-refractivity contribution in [1.82, 2.24) is 14.7 Å². The summed E-state index contributed by atoms with van der Waals surface area (Å²) in [6.45, 7) is 13.7. The number of hydrogen-bond acceptors (Lipinski definition) is 7. The second kappa shape index (κ2) is 8.94. The standard InChI is InChI=1S/C22H37N3O6/c1-21(2,3)30-19(27)23-7-8-24(20(28)31-22(4,5)6)17(11-23)12-25-15-9-18(26)10-16(25)14-29-13-15/h15-17H,7-14H2,1-6H3/t15-,16?,17+/m0/s1. The smallest absolute Gasteiger partial charge is 0.410 e. The van der Waals surface area contributed by atoms with Gasteiger partial charge >= 0.3 is 12.2 Å². The summed E-state index contributed by atoms with van der Waals surface area (Å²) in [7, 11) is 0. The number of piperidine rings is 1. The third kappa shape index (κ3) is 6.32. The molecule has 3 heterocycles. The zero-order valence-corrected chi connectivity index (χ0v) is 19.7. The Kier molecular flexibility index (Phi) is 6.86. The molecule has 0 aromatic carbocycles. The minimum absolute atomic E-state index is 0.0115. The number of rotatable bonds is 2. The maximum atomic E-state index is 12.9. The van der Waals surface area contributed by atoms with E-state index in [1.807, 2.05) is 41.5 Å². The Hall–Kier alpha value is -1.87. The number of hydrogen-bond donors (Lipinski definition) is 0. The van der Waals surface area contributed by atoms with Gasteiger partial charge in [0, 0.05) is 51.1 Å². The predicted molar refractivity (Wildman–Crippen MR) is 114 cm³/mol. The van der Waals surface area contributed by atoms with E-state index >= 15 is 0 Å². The lowest BCUT2D eigenvalue weighted by atomic mass is 9.92. The molecule has 9 heteroatoms. The van der Waals surface area contributed by atoms with Crippen LogP contribution < -0.4 is 0 Å². The van der Waals surface area contributed by atoms with Crippen LogP contribution in [0.4, 0.5) is 9.59 Å². The van der Waals surface area contributed by atoms with Gasteiger partial charge in [-0.1, -0.05) is 0 Å². The maximum absolute atomic E-state index is 12.9. The molecule has 3 aliphatic heterocycles. The molecule has 3 aliphatic rings. The Morgan fingerprint density at radius 2 is 1.48 bits per heavy atom. The van der Waals surface area contributed by atoms with Crippen molar-refractivity contribution in [3.8, 4) is 0 Å². The van der Waals surface area contributed by atoms with Gasteiger partial charge in [0.2, 0.25) is 0 Å². The van der Waals surface area contributed by atoms with E-state index in [-0.39, 0.29) is 36.1 Å². The summed E-state index contributed by atoms with van der Waals surface area (Å²) >= 11 is 0. The van der Waals surface area contributed by atoms with Gasteiger partial charge in [0.05, 0.1) is 19.3 Å². The molecular formula is C22H37N3O6. The number of morpholine rings is 1. The fourth-order valence-electron chi connectivity index (χ4n) is 4.40. The van der Waals surface area contributed by atoms with Gasteiger partial charge in [-0.25, -0.2) is 9.59 Å². The van der Waals surface area contributed by atoms with Crippen LogP contribution in [0.1, 0.15) is 54.4 Å². The number of amides is 2. The molecular weight excluding hydrogens is 402 g/mol. The van der Waals surface area contributed by atoms with E-state index in [2.05, 4.69) is 4.90 Å². The summed E-state index contributed by atoms with van der Waals surface area (Å²) in [4.78, 5) is 43.4. The quantitative estimate of drug-likeness (QED) is 0.652. The van der Waals surface area contributed by atoms with E-state index in [1.165, 1.54) is 0 Å². The molecule has 0 saturated carbocycles. The Labute approximate surface area is 184 Å². The van der Waals surface area contributed by atoms with Crippen molar-refractivity contribution in [3.05, 3.63) is 0 Å². The molecule has 0 radical (unpaired) electrons. The van der Waals surface area contributed by atoms with Crippen LogP contribution in [0, 0.1) is 0 Å². The molecule has 0 N–H and O–H groups in total. The monoisotopic (exact) mass is 439 g/mol.